The maximum absolute atomic E-state index is 11.5. The fourth-order valence-electron chi connectivity index (χ4n) is 4.09. The fourth-order valence-corrected chi connectivity index (χ4v) is 4.33. The van der Waals surface area contributed by atoms with Gasteiger partial charge in [-0.05, 0) is 70.8 Å². The standard InChI is InChI=1S/C25H22ClN3O4.C4H6N2.W/c1-33-24-15-11-18(27-25(24)29(31)32)16-28-22(17-6-2-3-7-19(30)12-10-17)13-14-23(28)20-8-4-5-9-21(20)26;1-5-2-4-3-6-4;/h3-5,7-15,30H,2,6,16H2,1H3;2H,3H2,1H3;/q;-2;+2/b7-3-,17-10+,19-12+;4-2-;. The molecule has 1 N–H and O–H groups in total. The third-order valence-electron chi connectivity index (χ3n) is 6.01. The summed E-state index contributed by atoms with van der Waals surface area (Å²) >= 11 is 6.50. The van der Waals surface area contributed by atoms with Gasteiger partial charge < -0.3 is 35.2 Å². The molecule has 3 heterocycles. The Morgan fingerprint density at radius 3 is 2.60 bits per heavy atom. The molecule has 1 aromatic carbocycles. The number of nitrogens with zero attached hydrogens (tertiary/aromatic N) is 5. The molecule has 11 heteroatoms. The van der Waals surface area contributed by atoms with Crippen LogP contribution < -0.4 is 4.74 Å². The van der Waals surface area contributed by atoms with Crippen molar-refractivity contribution in [3.8, 4) is 17.0 Å². The smallest absolute Gasteiger partial charge is 0.694 e. The van der Waals surface area contributed by atoms with E-state index < -0.39 is 4.92 Å². The Morgan fingerprint density at radius 2 is 1.95 bits per heavy atom. The summed E-state index contributed by atoms with van der Waals surface area (Å²) in [4.78, 5) is 15.2. The van der Waals surface area contributed by atoms with E-state index in [4.69, 9.17) is 16.3 Å². The summed E-state index contributed by atoms with van der Waals surface area (Å²) in [5.74, 6) is -0.0341. The van der Waals surface area contributed by atoms with Crippen LogP contribution in [0.15, 0.2) is 90.5 Å². The van der Waals surface area contributed by atoms with Crippen LogP contribution in [-0.4, -0.2) is 40.3 Å². The number of allylic oxidation sites excluding steroid dienone is 5. The van der Waals surface area contributed by atoms with Gasteiger partial charge >= 0.3 is 26.9 Å². The van der Waals surface area contributed by atoms with E-state index >= 15 is 0 Å². The molecule has 5 rings (SSSR count). The quantitative estimate of drug-likeness (QED) is 0.153. The number of rotatable bonds is 7. The van der Waals surface area contributed by atoms with Gasteiger partial charge in [0, 0.05) is 16.3 Å². The summed E-state index contributed by atoms with van der Waals surface area (Å²) in [6.07, 6.45) is 10.5. The zero-order chi connectivity index (χ0) is 27.8. The van der Waals surface area contributed by atoms with E-state index in [1.54, 1.807) is 37.5 Å². The van der Waals surface area contributed by atoms with Crippen molar-refractivity contribution in [2.45, 2.75) is 19.4 Å². The van der Waals surface area contributed by atoms with Crippen molar-refractivity contribution in [2.24, 2.45) is 0 Å². The van der Waals surface area contributed by atoms with Crippen molar-refractivity contribution in [2.75, 3.05) is 20.7 Å². The van der Waals surface area contributed by atoms with E-state index in [9.17, 15) is 15.2 Å². The number of hydrogen-bond donors (Lipinski definition) is 1. The van der Waals surface area contributed by atoms with Gasteiger partial charge in [0.1, 0.15) is 5.76 Å². The number of benzene rings is 1. The van der Waals surface area contributed by atoms with Crippen LogP contribution in [0.4, 0.5) is 5.82 Å². The van der Waals surface area contributed by atoms with Gasteiger partial charge in [-0.1, -0.05) is 42.0 Å². The predicted molar refractivity (Wildman–Crippen MR) is 154 cm³/mol. The molecule has 1 aliphatic heterocycles. The van der Waals surface area contributed by atoms with Gasteiger partial charge in [-0.3, -0.25) is 0 Å². The minimum Gasteiger partial charge on any atom is -0.694 e. The minimum absolute atomic E-state index is 0. The van der Waals surface area contributed by atoms with E-state index in [1.165, 1.54) is 7.11 Å². The number of aromatic nitrogens is 2. The third kappa shape index (κ3) is 7.87. The van der Waals surface area contributed by atoms with Gasteiger partial charge in [-0.25, -0.2) is 5.70 Å². The molecule has 0 unspecified atom stereocenters. The molecule has 0 radical (unpaired) electrons. The van der Waals surface area contributed by atoms with Crippen molar-refractivity contribution in [1.29, 1.82) is 0 Å². The molecular weight excluding hydrogens is 702 g/mol. The summed E-state index contributed by atoms with van der Waals surface area (Å²) in [6.45, 7) is 1.20. The third-order valence-corrected chi connectivity index (χ3v) is 6.34. The molecule has 0 amide bonds. The monoisotopic (exact) mass is 729 g/mol. The molecule has 0 spiro atoms. The first-order chi connectivity index (χ1) is 18.9. The average Bonchev–Trinajstić information content (AvgIpc) is 3.66. The molecule has 40 heavy (non-hydrogen) atoms. The molecule has 0 bridgehead atoms. The van der Waals surface area contributed by atoms with E-state index in [0.717, 1.165) is 47.6 Å². The number of halogens is 1. The normalized spacial score (nSPS) is 18.1. The van der Waals surface area contributed by atoms with Crippen LogP contribution in [0.25, 0.3) is 27.5 Å². The second-order valence-electron chi connectivity index (χ2n) is 8.67. The van der Waals surface area contributed by atoms with Gasteiger partial charge in [0.05, 0.1) is 19.3 Å². The molecule has 2 aromatic heterocycles. The number of nitro groups is 1. The van der Waals surface area contributed by atoms with Gasteiger partial charge in [0.15, 0.2) is 5.69 Å². The predicted octanol–water partition coefficient (Wildman–Crippen LogP) is 7.56. The Balaban J connectivity index is 0.000000559. The molecule has 3 aromatic rings. The molecule has 9 nitrogen and oxygen atoms in total. The number of aliphatic hydroxyl groups is 1. The molecule has 1 saturated heterocycles. The largest absolute Gasteiger partial charge is 2.00 e. The molecule has 0 saturated carbocycles. The summed E-state index contributed by atoms with van der Waals surface area (Å²) in [6, 6.07) is 14.8. The first-order valence-electron chi connectivity index (χ1n) is 12.3. The second kappa shape index (κ2) is 14.5. The van der Waals surface area contributed by atoms with Crippen LogP contribution in [0.2, 0.25) is 5.02 Å². The first-order valence-corrected chi connectivity index (χ1v) is 12.6. The second-order valence-corrected chi connectivity index (χ2v) is 9.08. The van der Waals surface area contributed by atoms with E-state index in [2.05, 4.69) is 15.6 Å². The van der Waals surface area contributed by atoms with Crippen molar-refractivity contribution in [3.63, 3.8) is 0 Å². The Labute approximate surface area is 252 Å². The number of pyridine rings is 1. The molecule has 1 fully saturated rings. The van der Waals surface area contributed by atoms with Crippen molar-refractivity contribution in [1.82, 2.24) is 9.55 Å². The summed E-state index contributed by atoms with van der Waals surface area (Å²) in [7, 11) is 3.13. The SMILES string of the molecule is COc1ccc(Cn2c(/C3=C/C=C(O)\C=C/CC3)ccc2-c2ccccc2Cl)nc1[N+](=O)[O-].C[N-]/C=C1/C[N-]1.[W+2]. The van der Waals surface area contributed by atoms with Crippen molar-refractivity contribution < 1.29 is 35.8 Å². The molecule has 1 aliphatic carbocycles. The van der Waals surface area contributed by atoms with Crippen molar-refractivity contribution in [3.05, 3.63) is 128 Å². The van der Waals surface area contributed by atoms with Crippen molar-refractivity contribution >= 4 is 23.0 Å². The number of ether oxygens (including phenoxy) is 1. The average molecular weight is 730 g/mol. The van der Waals surface area contributed by atoms with Gasteiger partial charge in [0.2, 0.25) is 5.75 Å². The van der Waals surface area contributed by atoms with Crippen LogP contribution in [0, 0.1) is 10.1 Å². The fraction of sp³-hybridized carbons (Fsp3) is 0.207. The van der Waals surface area contributed by atoms with Crippen LogP contribution in [0.1, 0.15) is 24.2 Å². The summed E-state index contributed by atoms with van der Waals surface area (Å²) in [5.41, 5.74) is 5.29. The molecule has 2 aliphatic rings. The van der Waals surface area contributed by atoms with Gasteiger partial charge in [0.25, 0.3) is 0 Å². The number of methoxy groups -OCH3 is 1. The maximum atomic E-state index is 11.5. The maximum Gasteiger partial charge on any atom is 2.00 e. The van der Waals surface area contributed by atoms with Crippen LogP contribution in [0.5, 0.6) is 5.75 Å². The zero-order valence-corrected chi connectivity index (χ0v) is 25.7. The number of aliphatic hydroxyl groups excluding tert-OH is 1. The van der Waals surface area contributed by atoms with Gasteiger partial charge in [-0.15, -0.1) is 13.6 Å². The minimum atomic E-state index is -0.550. The van der Waals surface area contributed by atoms with E-state index in [-0.39, 0.29) is 44.9 Å². The van der Waals surface area contributed by atoms with Crippen LogP contribution in [-0.2, 0) is 27.6 Å². The molecule has 0 atom stereocenters. The van der Waals surface area contributed by atoms with E-state index in [1.807, 2.05) is 53.1 Å². The Kier molecular flexibility index (Phi) is 11.2. The van der Waals surface area contributed by atoms with Crippen LogP contribution >= 0.6 is 11.6 Å². The molecule has 206 valence electrons. The van der Waals surface area contributed by atoms with Gasteiger partial charge in [-0.2, -0.15) is 6.20 Å². The summed E-state index contributed by atoms with van der Waals surface area (Å²) in [5, 5.41) is 29.6. The summed E-state index contributed by atoms with van der Waals surface area (Å²) < 4.78 is 7.13. The number of hydrogen-bond acceptors (Lipinski definition) is 5. The first kappa shape index (κ1) is 30.7. The Bertz CT molecular complexity index is 1470. The van der Waals surface area contributed by atoms with E-state index in [0.29, 0.717) is 10.7 Å². The Hall–Kier alpha value is -3.81. The topological polar surface area (TPSA) is 119 Å². The zero-order valence-electron chi connectivity index (χ0n) is 22.0. The Morgan fingerprint density at radius 1 is 1.20 bits per heavy atom. The van der Waals surface area contributed by atoms with Crippen LogP contribution in [0.3, 0.4) is 0 Å². The molecular formula is C29H28ClN5O4W.